The van der Waals surface area contributed by atoms with Crippen molar-refractivity contribution in [1.82, 2.24) is 4.31 Å². The van der Waals surface area contributed by atoms with Crippen molar-refractivity contribution < 1.29 is 18.4 Å². The molecular weight excluding hydrogens is 260 g/mol. The molecule has 100 valence electrons. The third-order valence-corrected chi connectivity index (χ3v) is 4.49. The smallest absolute Gasteiger partial charge is 0.269 e. The molecule has 1 aromatic carbocycles. The highest BCUT2D eigenvalue weighted by Gasteiger charge is 2.23. The van der Waals surface area contributed by atoms with Crippen molar-refractivity contribution in [2.75, 3.05) is 20.2 Å². The van der Waals surface area contributed by atoms with Crippen LogP contribution in [-0.4, -0.2) is 43.0 Å². The summed E-state index contributed by atoms with van der Waals surface area (Å²) in [4.78, 5) is 9.98. The van der Waals surface area contributed by atoms with Crippen LogP contribution in [0.1, 0.15) is 5.56 Å². The number of rotatable bonds is 5. The first kappa shape index (κ1) is 14.6. The number of benzene rings is 1. The Morgan fingerprint density at radius 1 is 1.44 bits per heavy atom. The second-order valence-electron chi connectivity index (χ2n) is 3.76. The first-order chi connectivity index (χ1) is 8.30. The fourth-order valence-electron chi connectivity index (χ4n) is 1.47. The molecule has 0 bridgehead atoms. The summed E-state index contributed by atoms with van der Waals surface area (Å²) in [6, 6.07) is 3.56. The van der Waals surface area contributed by atoms with Crippen molar-refractivity contribution in [1.29, 1.82) is 0 Å². The van der Waals surface area contributed by atoms with Crippen LogP contribution in [0.25, 0.3) is 0 Å². The lowest BCUT2D eigenvalue weighted by atomic mass is 10.2. The first-order valence-corrected chi connectivity index (χ1v) is 6.57. The van der Waals surface area contributed by atoms with Gasteiger partial charge in [-0.2, -0.15) is 4.31 Å². The Hall–Kier alpha value is -1.51. The molecule has 0 spiro atoms. The van der Waals surface area contributed by atoms with E-state index >= 15 is 0 Å². The summed E-state index contributed by atoms with van der Waals surface area (Å²) in [6.45, 7) is 1.17. The molecule has 8 heteroatoms. The summed E-state index contributed by atoms with van der Waals surface area (Å²) in [5, 5.41) is 19.3. The Morgan fingerprint density at radius 3 is 2.50 bits per heavy atom. The second-order valence-corrected chi connectivity index (χ2v) is 5.77. The summed E-state index contributed by atoms with van der Waals surface area (Å²) in [5.74, 6) is 0. The Balaban J connectivity index is 3.22. The van der Waals surface area contributed by atoms with Gasteiger partial charge in [-0.05, 0) is 18.6 Å². The van der Waals surface area contributed by atoms with Gasteiger partial charge in [0.05, 0.1) is 16.4 Å². The fraction of sp³-hybridized carbons (Fsp3) is 0.400. The Kier molecular flexibility index (Phi) is 4.38. The number of likely N-dealkylation sites (N-methyl/N-ethyl adjacent to an activating group) is 1. The zero-order chi connectivity index (χ0) is 13.9. The molecule has 0 saturated heterocycles. The molecule has 0 aromatic heterocycles. The number of nitrogens with zero attached hydrogens (tertiary/aromatic N) is 2. The molecule has 0 radical (unpaired) electrons. The topological polar surface area (TPSA) is 101 Å². The largest absolute Gasteiger partial charge is 0.395 e. The number of nitro benzene ring substituents is 1. The fourth-order valence-corrected chi connectivity index (χ4v) is 2.83. The minimum Gasteiger partial charge on any atom is -0.395 e. The van der Waals surface area contributed by atoms with Gasteiger partial charge in [0.25, 0.3) is 5.69 Å². The second kappa shape index (κ2) is 5.42. The summed E-state index contributed by atoms with van der Waals surface area (Å²) < 4.78 is 25.1. The van der Waals surface area contributed by atoms with Gasteiger partial charge in [-0.15, -0.1) is 0 Å². The molecule has 0 amide bonds. The molecule has 18 heavy (non-hydrogen) atoms. The highest BCUT2D eigenvalue weighted by atomic mass is 32.2. The van der Waals surface area contributed by atoms with Crippen LogP contribution in [0.15, 0.2) is 23.1 Å². The standard InChI is InChI=1S/C10H14N2O5S/c1-8-7-9(12(14)15)3-4-10(8)18(16,17)11(2)5-6-13/h3-4,7,13H,5-6H2,1-2H3. The Labute approximate surface area is 105 Å². The molecule has 0 atom stereocenters. The van der Waals surface area contributed by atoms with Gasteiger partial charge >= 0.3 is 0 Å². The number of hydrogen-bond acceptors (Lipinski definition) is 5. The highest BCUT2D eigenvalue weighted by molar-refractivity contribution is 7.89. The van der Waals surface area contributed by atoms with E-state index in [1.165, 1.54) is 26.1 Å². The van der Waals surface area contributed by atoms with Crippen molar-refractivity contribution >= 4 is 15.7 Å². The van der Waals surface area contributed by atoms with Gasteiger partial charge in [0.2, 0.25) is 10.0 Å². The minimum atomic E-state index is -3.72. The van der Waals surface area contributed by atoms with Crippen LogP contribution in [0.2, 0.25) is 0 Å². The quantitative estimate of drug-likeness (QED) is 0.623. The first-order valence-electron chi connectivity index (χ1n) is 5.13. The SMILES string of the molecule is Cc1cc([N+](=O)[O-])ccc1S(=O)(=O)N(C)CCO. The molecular formula is C10H14N2O5S. The molecule has 0 fully saturated rings. The molecule has 1 aromatic rings. The zero-order valence-electron chi connectivity index (χ0n) is 10.0. The van der Waals surface area contributed by atoms with Crippen LogP contribution in [0.5, 0.6) is 0 Å². The van der Waals surface area contributed by atoms with E-state index in [2.05, 4.69) is 0 Å². The zero-order valence-corrected chi connectivity index (χ0v) is 10.8. The van der Waals surface area contributed by atoms with E-state index in [0.29, 0.717) is 5.56 Å². The predicted molar refractivity (Wildman–Crippen MR) is 64.7 cm³/mol. The third-order valence-electron chi connectivity index (χ3n) is 2.47. The van der Waals surface area contributed by atoms with E-state index in [1.54, 1.807) is 0 Å². The average Bonchev–Trinajstić information content (AvgIpc) is 2.28. The van der Waals surface area contributed by atoms with Crippen LogP contribution in [0, 0.1) is 17.0 Å². The summed E-state index contributed by atoms with van der Waals surface area (Å²) in [6.07, 6.45) is 0. The van der Waals surface area contributed by atoms with Crippen molar-refractivity contribution in [2.24, 2.45) is 0 Å². The van der Waals surface area contributed by atoms with E-state index in [1.807, 2.05) is 0 Å². The predicted octanol–water partition coefficient (Wildman–Crippen LogP) is 0.516. The van der Waals surface area contributed by atoms with Crippen molar-refractivity contribution in [2.45, 2.75) is 11.8 Å². The lowest BCUT2D eigenvalue weighted by Crippen LogP contribution is -2.30. The summed E-state index contributed by atoms with van der Waals surface area (Å²) in [7, 11) is -2.38. The molecule has 7 nitrogen and oxygen atoms in total. The van der Waals surface area contributed by atoms with E-state index in [9.17, 15) is 18.5 Å². The number of non-ortho nitro benzene ring substituents is 1. The van der Waals surface area contributed by atoms with Gasteiger partial charge in [0, 0.05) is 25.7 Å². The summed E-state index contributed by atoms with van der Waals surface area (Å²) >= 11 is 0. The average molecular weight is 274 g/mol. The van der Waals surface area contributed by atoms with Gasteiger partial charge in [-0.25, -0.2) is 8.42 Å². The van der Waals surface area contributed by atoms with Gasteiger partial charge in [-0.1, -0.05) is 0 Å². The highest BCUT2D eigenvalue weighted by Crippen LogP contribution is 2.23. The van der Waals surface area contributed by atoms with Crippen LogP contribution in [-0.2, 0) is 10.0 Å². The number of hydrogen-bond donors (Lipinski definition) is 1. The van der Waals surface area contributed by atoms with Crippen LogP contribution < -0.4 is 0 Å². The van der Waals surface area contributed by atoms with Crippen molar-refractivity contribution in [3.05, 3.63) is 33.9 Å². The molecule has 0 heterocycles. The maximum atomic E-state index is 12.1. The Bertz CT molecular complexity index is 555. The molecule has 1 N–H and O–H groups in total. The van der Waals surface area contributed by atoms with Crippen LogP contribution in [0.4, 0.5) is 5.69 Å². The molecule has 0 aliphatic carbocycles. The number of aryl methyl sites for hydroxylation is 1. The van der Waals surface area contributed by atoms with Gasteiger partial charge in [0.15, 0.2) is 0 Å². The number of aliphatic hydroxyl groups excluding tert-OH is 1. The van der Waals surface area contributed by atoms with Gasteiger partial charge in [0.1, 0.15) is 0 Å². The lowest BCUT2D eigenvalue weighted by Gasteiger charge is -2.17. The van der Waals surface area contributed by atoms with E-state index in [0.717, 1.165) is 10.4 Å². The molecule has 0 unspecified atom stereocenters. The number of sulfonamides is 1. The monoisotopic (exact) mass is 274 g/mol. The number of aliphatic hydroxyl groups is 1. The molecule has 1 rings (SSSR count). The van der Waals surface area contributed by atoms with Gasteiger partial charge < -0.3 is 5.11 Å². The lowest BCUT2D eigenvalue weighted by molar-refractivity contribution is -0.385. The van der Waals surface area contributed by atoms with E-state index < -0.39 is 14.9 Å². The van der Waals surface area contributed by atoms with Crippen molar-refractivity contribution in [3.8, 4) is 0 Å². The minimum absolute atomic E-state index is 0.00375. The maximum Gasteiger partial charge on any atom is 0.269 e. The van der Waals surface area contributed by atoms with Crippen LogP contribution in [0.3, 0.4) is 0 Å². The van der Waals surface area contributed by atoms with E-state index in [4.69, 9.17) is 5.11 Å². The molecule has 0 aliphatic heterocycles. The third kappa shape index (κ3) is 2.84. The van der Waals surface area contributed by atoms with Crippen molar-refractivity contribution in [3.63, 3.8) is 0 Å². The number of nitro groups is 1. The van der Waals surface area contributed by atoms with Gasteiger partial charge in [-0.3, -0.25) is 10.1 Å². The Morgan fingerprint density at radius 2 is 2.06 bits per heavy atom. The molecule has 0 aliphatic rings. The molecule has 0 saturated carbocycles. The maximum absolute atomic E-state index is 12.1. The normalized spacial score (nSPS) is 11.8. The van der Waals surface area contributed by atoms with E-state index in [-0.39, 0.29) is 23.7 Å². The summed E-state index contributed by atoms with van der Waals surface area (Å²) in [5.41, 5.74) is 0.144. The van der Waals surface area contributed by atoms with Crippen LogP contribution >= 0.6 is 0 Å².